The molecular formula is C17H15ClN8. The highest BCUT2D eigenvalue weighted by atomic mass is 35.5. The summed E-state index contributed by atoms with van der Waals surface area (Å²) in [5, 5.41) is 15.7. The lowest BCUT2D eigenvalue weighted by Gasteiger charge is -2.12. The highest BCUT2D eigenvalue weighted by Gasteiger charge is 2.12. The number of nitriles is 1. The van der Waals surface area contributed by atoms with Crippen molar-refractivity contribution in [1.29, 1.82) is 5.26 Å². The van der Waals surface area contributed by atoms with E-state index in [1.807, 2.05) is 19.9 Å². The molecule has 0 amide bonds. The largest absolute Gasteiger partial charge is 0.352 e. The van der Waals surface area contributed by atoms with E-state index in [0.29, 0.717) is 28.3 Å². The van der Waals surface area contributed by atoms with Crippen molar-refractivity contribution in [3.8, 4) is 17.6 Å². The minimum Gasteiger partial charge on any atom is -0.352 e. The van der Waals surface area contributed by atoms with Crippen LogP contribution in [0.4, 0.5) is 17.6 Å². The predicted molar refractivity (Wildman–Crippen MR) is 99.1 cm³/mol. The summed E-state index contributed by atoms with van der Waals surface area (Å²) in [6.45, 7) is 3.95. The quantitative estimate of drug-likeness (QED) is 0.660. The molecule has 0 saturated heterocycles. The van der Waals surface area contributed by atoms with Gasteiger partial charge in [0.1, 0.15) is 16.9 Å². The highest BCUT2D eigenvalue weighted by molar-refractivity contribution is 6.29. The van der Waals surface area contributed by atoms with Crippen LogP contribution < -0.4 is 10.6 Å². The SMILES string of the molecule is CC(C)Nc1nc(Nc2cccnc2C#N)nc(-c2cccc(Cl)n2)n1. The van der Waals surface area contributed by atoms with Gasteiger partial charge in [0.25, 0.3) is 0 Å². The number of nitrogens with zero attached hydrogens (tertiary/aromatic N) is 6. The van der Waals surface area contributed by atoms with Crippen LogP contribution in [0.1, 0.15) is 19.5 Å². The Morgan fingerprint density at radius 2 is 1.85 bits per heavy atom. The molecule has 0 spiro atoms. The molecule has 0 unspecified atom stereocenters. The molecule has 0 radical (unpaired) electrons. The molecule has 2 N–H and O–H groups in total. The van der Waals surface area contributed by atoms with Crippen LogP contribution in [-0.2, 0) is 0 Å². The fourth-order valence-electron chi connectivity index (χ4n) is 2.12. The third-order valence-corrected chi connectivity index (χ3v) is 3.37. The molecule has 8 nitrogen and oxygen atoms in total. The molecule has 3 heterocycles. The molecule has 3 aromatic heterocycles. The number of hydrogen-bond acceptors (Lipinski definition) is 8. The highest BCUT2D eigenvalue weighted by Crippen LogP contribution is 2.21. The van der Waals surface area contributed by atoms with E-state index in [1.165, 1.54) is 0 Å². The number of halogens is 1. The van der Waals surface area contributed by atoms with Crippen molar-refractivity contribution < 1.29 is 0 Å². The predicted octanol–water partition coefficient (Wildman–Crippen LogP) is 3.42. The van der Waals surface area contributed by atoms with E-state index in [2.05, 4.69) is 35.6 Å². The first-order valence-electron chi connectivity index (χ1n) is 7.83. The minimum atomic E-state index is 0.124. The lowest BCUT2D eigenvalue weighted by molar-refractivity contribution is 0.868. The number of hydrogen-bond donors (Lipinski definition) is 2. The summed E-state index contributed by atoms with van der Waals surface area (Å²) in [7, 11) is 0. The Bertz CT molecular complexity index is 967. The van der Waals surface area contributed by atoms with E-state index in [1.54, 1.807) is 36.5 Å². The normalized spacial score (nSPS) is 10.4. The number of aromatic nitrogens is 5. The molecule has 3 aromatic rings. The zero-order valence-corrected chi connectivity index (χ0v) is 14.9. The molecule has 0 aromatic carbocycles. The third-order valence-electron chi connectivity index (χ3n) is 3.16. The van der Waals surface area contributed by atoms with Crippen molar-refractivity contribution in [2.75, 3.05) is 10.6 Å². The molecule has 0 saturated carbocycles. The second kappa shape index (κ2) is 7.72. The lowest BCUT2D eigenvalue weighted by Crippen LogP contribution is -2.15. The first-order chi connectivity index (χ1) is 12.5. The van der Waals surface area contributed by atoms with Gasteiger partial charge in [0.05, 0.1) is 5.69 Å². The number of pyridine rings is 2. The standard InChI is InChI=1S/C17H15ClN8/c1-10(2)21-16-24-15(12-5-3-7-14(18)22-12)25-17(26-16)23-11-6-4-8-20-13(11)9-19/h3-8,10H,1-2H3,(H2,21,23,24,25,26). The van der Waals surface area contributed by atoms with Gasteiger partial charge in [0.15, 0.2) is 11.5 Å². The summed E-state index contributed by atoms with van der Waals surface area (Å²) in [4.78, 5) is 21.4. The number of rotatable bonds is 5. The molecular weight excluding hydrogens is 352 g/mol. The van der Waals surface area contributed by atoms with Crippen LogP contribution in [0.3, 0.4) is 0 Å². The van der Waals surface area contributed by atoms with Crippen LogP contribution in [0.2, 0.25) is 5.15 Å². The Morgan fingerprint density at radius 3 is 2.58 bits per heavy atom. The molecule has 9 heteroatoms. The molecule has 0 aliphatic rings. The maximum absolute atomic E-state index is 9.19. The zero-order valence-electron chi connectivity index (χ0n) is 14.1. The Labute approximate surface area is 155 Å². The van der Waals surface area contributed by atoms with Gasteiger partial charge in [0, 0.05) is 12.2 Å². The van der Waals surface area contributed by atoms with Crippen molar-refractivity contribution in [2.24, 2.45) is 0 Å². The Morgan fingerprint density at radius 1 is 1.04 bits per heavy atom. The molecule has 3 rings (SSSR count). The Kier molecular flexibility index (Phi) is 5.20. The van der Waals surface area contributed by atoms with Crippen molar-refractivity contribution >= 4 is 29.2 Å². The number of nitrogens with one attached hydrogen (secondary N) is 2. The van der Waals surface area contributed by atoms with Gasteiger partial charge >= 0.3 is 0 Å². The van der Waals surface area contributed by atoms with Gasteiger partial charge in [0.2, 0.25) is 11.9 Å². The van der Waals surface area contributed by atoms with E-state index in [9.17, 15) is 5.26 Å². The zero-order chi connectivity index (χ0) is 18.5. The molecule has 26 heavy (non-hydrogen) atoms. The number of anilines is 3. The maximum Gasteiger partial charge on any atom is 0.232 e. The second-order valence-corrected chi connectivity index (χ2v) is 5.97. The van der Waals surface area contributed by atoms with E-state index < -0.39 is 0 Å². The average Bonchev–Trinajstić information content (AvgIpc) is 2.61. The lowest BCUT2D eigenvalue weighted by atomic mass is 10.3. The topological polar surface area (TPSA) is 112 Å². The van der Waals surface area contributed by atoms with E-state index in [4.69, 9.17) is 11.6 Å². The molecule has 0 aliphatic carbocycles. The summed E-state index contributed by atoms with van der Waals surface area (Å²) in [6.07, 6.45) is 1.55. The molecule has 0 bridgehead atoms. The van der Waals surface area contributed by atoms with Crippen LogP contribution in [0, 0.1) is 11.3 Å². The van der Waals surface area contributed by atoms with Crippen LogP contribution in [0.25, 0.3) is 11.5 Å². The van der Waals surface area contributed by atoms with E-state index >= 15 is 0 Å². The Hall–Kier alpha value is -3.31. The summed E-state index contributed by atoms with van der Waals surface area (Å²) >= 11 is 5.97. The van der Waals surface area contributed by atoms with Crippen molar-refractivity contribution in [3.05, 3.63) is 47.4 Å². The summed E-state index contributed by atoms with van der Waals surface area (Å²) in [6, 6.07) is 10.8. The molecule has 0 fully saturated rings. The summed E-state index contributed by atoms with van der Waals surface area (Å²) < 4.78 is 0. The fourth-order valence-corrected chi connectivity index (χ4v) is 2.28. The first-order valence-corrected chi connectivity index (χ1v) is 8.20. The summed E-state index contributed by atoms with van der Waals surface area (Å²) in [5.74, 6) is 1.01. The van der Waals surface area contributed by atoms with Crippen LogP contribution in [0.5, 0.6) is 0 Å². The van der Waals surface area contributed by atoms with Gasteiger partial charge in [-0.15, -0.1) is 0 Å². The fraction of sp³-hybridized carbons (Fsp3) is 0.176. The molecule has 0 atom stereocenters. The average molecular weight is 367 g/mol. The van der Waals surface area contributed by atoms with Gasteiger partial charge in [-0.3, -0.25) is 0 Å². The van der Waals surface area contributed by atoms with Crippen molar-refractivity contribution in [1.82, 2.24) is 24.9 Å². The van der Waals surface area contributed by atoms with Crippen LogP contribution in [0.15, 0.2) is 36.5 Å². The van der Waals surface area contributed by atoms with Crippen LogP contribution in [-0.4, -0.2) is 31.0 Å². The van der Waals surface area contributed by atoms with Crippen molar-refractivity contribution in [3.63, 3.8) is 0 Å². The summed E-state index contributed by atoms with van der Waals surface area (Å²) in [5.41, 5.74) is 1.26. The minimum absolute atomic E-state index is 0.124. The smallest absolute Gasteiger partial charge is 0.232 e. The van der Waals surface area contributed by atoms with Gasteiger partial charge < -0.3 is 10.6 Å². The Balaban J connectivity index is 2.04. The van der Waals surface area contributed by atoms with Gasteiger partial charge in [-0.1, -0.05) is 17.7 Å². The van der Waals surface area contributed by atoms with E-state index in [0.717, 1.165) is 0 Å². The van der Waals surface area contributed by atoms with Crippen molar-refractivity contribution in [2.45, 2.75) is 19.9 Å². The molecule has 0 aliphatic heterocycles. The van der Waals surface area contributed by atoms with Gasteiger partial charge in [-0.25, -0.2) is 9.97 Å². The van der Waals surface area contributed by atoms with Crippen LogP contribution >= 0.6 is 11.6 Å². The third kappa shape index (κ3) is 4.20. The monoisotopic (exact) mass is 366 g/mol. The second-order valence-electron chi connectivity index (χ2n) is 5.59. The van der Waals surface area contributed by atoms with Gasteiger partial charge in [-0.05, 0) is 38.1 Å². The first kappa shape index (κ1) is 17.5. The van der Waals surface area contributed by atoms with E-state index in [-0.39, 0.29) is 17.7 Å². The van der Waals surface area contributed by atoms with Gasteiger partial charge in [-0.2, -0.15) is 20.2 Å². The maximum atomic E-state index is 9.19. The molecule has 130 valence electrons.